The van der Waals surface area contributed by atoms with Crippen LogP contribution in [0.5, 0.6) is 0 Å². The Hall–Kier alpha value is -1.67. The molecule has 0 radical (unpaired) electrons. The van der Waals surface area contributed by atoms with Crippen molar-refractivity contribution in [2.24, 2.45) is 0 Å². The van der Waals surface area contributed by atoms with Gasteiger partial charge >= 0.3 is 18.0 Å². The zero-order chi connectivity index (χ0) is 15.9. The fraction of sp³-hybridized carbons (Fsp3) is 0.364. The zero-order valence-electron chi connectivity index (χ0n) is 9.66. The standard InChI is InChI=1S/C11H6F8O/c1-5-2-6(4-7(12)3-5)8(20)9(13,14)10(15,16)11(17,18)19/h2-4H,1H3. The molecule has 0 atom stereocenters. The molecule has 0 aliphatic carbocycles. The summed E-state index contributed by atoms with van der Waals surface area (Å²) < 4.78 is 100. The molecule has 0 amide bonds. The molecule has 0 unspecified atom stereocenters. The molecule has 112 valence electrons. The van der Waals surface area contributed by atoms with E-state index in [-0.39, 0.29) is 11.6 Å². The number of benzene rings is 1. The number of aryl methyl sites for hydroxylation is 1. The van der Waals surface area contributed by atoms with Gasteiger partial charge in [0, 0.05) is 5.56 Å². The lowest BCUT2D eigenvalue weighted by atomic mass is 9.98. The van der Waals surface area contributed by atoms with Gasteiger partial charge < -0.3 is 0 Å². The van der Waals surface area contributed by atoms with E-state index in [0.29, 0.717) is 6.07 Å². The molecule has 0 spiro atoms. The Bertz CT molecular complexity index is 511. The molecule has 0 saturated heterocycles. The van der Waals surface area contributed by atoms with Gasteiger partial charge in [-0.15, -0.1) is 0 Å². The fourth-order valence-corrected chi connectivity index (χ4v) is 1.37. The number of ketones is 1. The summed E-state index contributed by atoms with van der Waals surface area (Å²) in [5.41, 5.74) is -1.35. The Labute approximate surface area is 107 Å². The van der Waals surface area contributed by atoms with Crippen LogP contribution in [0.4, 0.5) is 35.1 Å². The SMILES string of the molecule is Cc1cc(F)cc(C(=O)C(F)(F)C(F)(F)C(F)(F)F)c1. The van der Waals surface area contributed by atoms with E-state index in [1.807, 2.05) is 0 Å². The fourth-order valence-electron chi connectivity index (χ4n) is 1.37. The lowest BCUT2D eigenvalue weighted by Crippen LogP contribution is -2.56. The van der Waals surface area contributed by atoms with Crippen LogP contribution in [-0.2, 0) is 0 Å². The first-order valence-corrected chi connectivity index (χ1v) is 4.95. The largest absolute Gasteiger partial charge is 0.460 e. The summed E-state index contributed by atoms with van der Waals surface area (Å²) in [7, 11) is 0. The monoisotopic (exact) mass is 306 g/mol. The highest BCUT2D eigenvalue weighted by Gasteiger charge is 2.76. The van der Waals surface area contributed by atoms with Gasteiger partial charge in [0.1, 0.15) is 5.82 Å². The van der Waals surface area contributed by atoms with Crippen molar-refractivity contribution in [2.45, 2.75) is 24.9 Å². The first-order chi connectivity index (χ1) is 8.80. The van der Waals surface area contributed by atoms with E-state index >= 15 is 0 Å². The molecule has 20 heavy (non-hydrogen) atoms. The maximum absolute atomic E-state index is 13.1. The number of hydrogen-bond donors (Lipinski definition) is 0. The highest BCUT2D eigenvalue weighted by molar-refractivity contribution is 6.02. The van der Waals surface area contributed by atoms with Crippen molar-refractivity contribution >= 4 is 5.78 Å². The van der Waals surface area contributed by atoms with Crippen LogP contribution in [0.2, 0.25) is 0 Å². The minimum absolute atomic E-state index is 0.0838. The lowest BCUT2D eigenvalue weighted by molar-refractivity contribution is -0.339. The van der Waals surface area contributed by atoms with E-state index in [0.717, 1.165) is 13.0 Å². The molecular weight excluding hydrogens is 300 g/mol. The minimum Gasteiger partial charge on any atom is -0.287 e. The van der Waals surface area contributed by atoms with E-state index in [1.165, 1.54) is 0 Å². The molecule has 0 bridgehead atoms. The summed E-state index contributed by atoms with van der Waals surface area (Å²) in [5, 5.41) is 0. The van der Waals surface area contributed by atoms with Gasteiger partial charge in [0.2, 0.25) is 5.78 Å². The Morgan fingerprint density at radius 1 is 0.950 bits per heavy atom. The third-order valence-corrected chi connectivity index (χ3v) is 2.34. The summed E-state index contributed by atoms with van der Waals surface area (Å²) in [4.78, 5) is 11.2. The summed E-state index contributed by atoms with van der Waals surface area (Å²) >= 11 is 0. The predicted molar refractivity (Wildman–Crippen MR) is 51.4 cm³/mol. The van der Waals surface area contributed by atoms with Gasteiger partial charge in [-0.2, -0.15) is 30.7 Å². The summed E-state index contributed by atoms with van der Waals surface area (Å²) in [6.45, 7) is 1.15. The van der Waals surface area contributed by atoms with E-state index < -0.39 is 35.2 Å². The van der Waals surface area contributed by atoms with Crippen molar-refractivity contribution in [1.29, 1.82) is 0 Å². The van der Waals surface area contributed by atoms with Crippen molar-refractivity contribution in [3.05, 3.63) is 35.1 Å². The van der Waals surface area contributed by atoms with E-state index in [4.69, 9.17) is 0 Å². The molecule has 0 aliphatic rings. The van der Waals surface area contributed by atoms with Crippen LogP contribution in [0.15, 0.2) is 18.2 Å². The molecule has 1 aromatic carbocycles. The van der Waals surface area contributed by atoms with Crippen LogP contribution in [0.25, 0.3) is 0 Å². The number of rotatable bonds is 3. The van der Waals surface area contributed by atoms with Gasteiger partial charge in [0.05, 0.1) is 0 Å². The molecule has 0 fully saturated rings. The molecule has 1 rings (SSSR count). The Balaban J connectivity index is 3.31. The van der Waals surface area contributed by atoms with Crippen molar-refractivity contribution in [3.63, 3.8) is 0 Å². The zero-order valence-corrected chi connectivity index (χ0v) is 9.66. The van der Waals surface area contributed by atoms with Crippen LogP contribution in [0, 0.1) is 12.7 Å². The number of carbonyl (C=O) groups excluding carboxylic acids is 1. The van der Waals surface area contributed by atoms with Gasteiger partial charge in [-0.1, -0.05) is 0 Å². The third-order valence-electron chi connectivity index (χ3n) is 2.34. The average Bonchev–Trinajstić information content (AvgIpc) is 2.24. The molecular formula is C11H6F8O. The topological polar surface area (TPSA) is 17.1 Å². The number of carbonyl (C=O) groups is 1. The van der Waals surface area contributed by atoms with Crippen molar-refractivity contribution in [1.82, 2.24) is 0 Å². The average molecular weight is 306 g/mol. The minimum atomic E-state index is -6.62. The van der Waals surface area contributed by atoms with Crippen LogP contribution in [0.3, 0.4) is 0 Å². The van der Waals surface area contributed by atoms with Crippen LogP contribution >= 0.6 is 0 Å². The van der Waals surface area contributed by atoms with Gasteiger partial charge in [-0.25, -0.2) is 4.39 Å². The van der Waals surface area contributed by atoms with Crippen molar-refractivity contribution < 1.29 is 39.9 Å². The molecule has 0 heterocycles. The molecule has 9 heteroatoms. The van der Waals surface area contributed by atoms with E-state index in [9.17, 15) is 39.9 Å². The van der Waals surface area contributed by atoms with Crippen molar-refractivity contribution in [3.8, 4) is 0 Å². The highest BCUT2D eigenvalue weighted by Crippen LogP contribution is 2.47. The van der Waals surface area contributed by atoms with Gasteiger partial charge in [-0.05, 0) is 30.7 Å². The van der Waals surface area contributed by atoms with Crippen molar-refractivity contribution in [2.75, 3.05) is 0 Å². The Kier molecular flexibility index (Phi) is 3.86. The molecule has 1 nitrogen and oxygen atoms in total. The Morgan fingerprint density at radius 3 is 1.85 bits per heavy atom. The quantitative estimate of drug-likeness (QED) is 0.605. The molecule has 0 aromatic heterocycles. The first kappa shape index (κ1) is 16.4. The second kappa shape index (κ2) is 4.71. The molecule has 0 N–H and O–H groups in total. The second-order valence-corrected chi connectivity index (χ2v) is 3.99. The summed E-state index contributed by atoms with van der Waals surface area (Å²) in [6, 6.07) is 1.54. The van der Waals surface area contributed by atoms with Crippen LogP contribution < -0.4 is 0 Å². The lowest BCUT2D eigenvalue weighted by Gasteiger charge is -2.27. The van der Waals surface area contributed by atoms with Gasteiger partial charge in [0.15, 0.2) is 0 Å². The van der Waals surface area contributed by atoms with Gasteiger partial charge in [0.25, 0.3) is 0 Å². The maximum atomic E-state index is 13.1. The van der Waals surface area contributed by atoms with Crippen LogP contribution in [-0.4, -0.2) is 23.8 Å². The van der Waals surface area contributed by atoms with Crippen LogP contribution in [0.1, 0.15) is 15.9 Å². The Morgan fingerprint density at radius 2 is 1.45 bits per heavy atom. The first-order valence-electron chi connectivity index (χ1n) is 4.95. The maximum Gasteiger partial charge on any atom is 0.460 e. The number of Topliss-reactive ketones (excluding diaryl/α,β-unsaturated/α-hetero) is 1. The highest BCUT2D eigenvalue weighted by atomic mass is 19.4. The normalized spacial score (nSPS) is 13.4. The molecule has 0 saturated carbocycles. The molecule has 0 aliphatic heterocycles. The summed E-state index contributed by atoms with van der Waals surface area (Å²) in [5.74, 6) is -16.6. The second-order valence-electron chi connectivity index (χ2n) is 3.99. The van der Waals surface area contributed by atoms with E-state index in [1.54, 1.807) is 0 Å². The van der Waals surface area contributed by atoms with E-state index in [2.05, 4.69) is 0 Å². The summed E-state index contributed by atoms with van der Waals surface area (Å²) in [6.07, 6.45) is -6.62. The smallest absolute Gasteiger partial charge is 0.287 e. The third kappa shape index (κ3) is 2.61. The molecule has 1 aromatic rings. The number of hydrogen-bond acceptors (Lipinski definition) is 1. The number of halogens is 8. The van der Waals surface area contributed by atoms with Gasteiger partial charge in [-0.3, -0.25) is 4.79 Å². The number of alkyl halides is 7. The predicted octanol–water partition coefficient (Wildman–Crippen LogP) is 4.15.